The van der Waals surface area contributed by atoms with Crippen LogP contribution in [0.2, 0.25) is 0 Å². The van der Waals surface area contributed by atoms with Gasteiger partial charge in [-0.3, -0.25) is 4.79 Å². The number of aromatic nitrogens is 1. The van der Waals surface area contributed by atoms with Crippen LogP contribution in [0, 0.1) is 12.8 Å². The van der Waals surface area contributed by atoms with E-state index in [2.05, 4.69) is 24.1 Å². The minimum absolute atomic E-state index is 0.0471. The Morgan fingerprint density at radius 2 is 2.11 bits per heavy atom. The molecule has 0 fully saturated rings. The molecule has 2 N–H and O–H groups in total. The molecule has 2 aromatic rings. The number of nitrogens with one attached hydrogen (secondary N) is 1. The minimum atomic E-state index is -1.03. The molecule has 0 aliphatic rings. The first-order valence-corrected chi connectivity index (χ1v) is 8.92. The largest absolute Gasteiger partial charge is 0.481 e. The summed E-state index contributed by atoms with van der Waals surface area (Å²) in [7, 11) is 1.48. The maximum absolute atomic E-state index is 12.4. The van der Waals surface area contributed by atoms with E-state index >= 15 is 0 Å². The first kappa shape index (κ1) is 20.6. The number of carbonyl (C=O) groups excluding carboxylic acids is 1. The van der Waals surface area contributed by atoms with Gasteiger partial charge in [-0.05, 0) is 37.0 Å². The summed E-state index contributed by atoms with van der Waals surface area (Å²) >= 11 is 0. The number of carbonyl (C=O) groups is 1. The van der Waals surface area contributed by atoms with E-state index in [-0.39, 0.29) is 12.1 Å². The Morgan fingerprint density at radius 3 is 2.74 bits per heavy atom. The zero-order valence-electron chi connectivity index (χ0n) is 16.1. The van der Waals surface area contributed by atoms with Crippen LogP contribution >= 0.6 is 0 Å². The molecule has 27 heavy (non-hydrogen) atoms. The third kappa shape index (κ3) is 5.65. The van der Waals surface area contributed by atoms with E-state index in [1.54, 1.807) is 31.2 Å². The first-order valence-electron chi connectivity index (χ1n) is 8.92. The molecule has 1 amide bonds. The zero-order valence-corrected chi connectivity index (χ0v) is 16.1. The van der Waals surface area contributed by atoms with Crippen LogP contribution in [0.5, 0.6) is 5.88 Å². The molecule has 7 heteroatoms. The summed E-state index contributed by atoms with van der Waals surface area (Å²) in [6.07, 6.45) is 0.519. The quantitative estimate of drug-likeness (QED) is 0.736. The second-order valence-electron chi connectivity index (χ2n) is 6.82. The van der Waals surface area contributed by atoms with Crippen LogP contribution in [0.15, 0.2) is 33.5 Å². The molecule has 0 aliphatic carbocycles. The fraction of sp³-hybridized carbons (Fsp3) is 0.450. The Balaban J connectivity index is 2.06. The van der Waals surface area contributed by atoms with Gasteiger partial charge in [0.1, 0.15) is 17.4 Å². The van der Waals surface area contributed by atoms with Crippen molar-refractivity contribution >= 4 is 5.91 Å². The van der Waals surface area contributed by atoms with Gasteiger partial charge in [0.2, 0.25) is 5.88 Å². The van der Waals surface area contributed by atoms with E-state index in [0.29, 0.717) is 35.2 Å². The maximum atomic E-state index is 12.4. The van der Waals surface area contributed by atoms with Crippen molar-refractivity contribution in [3.05, 3.63) is 57.3 Å². The van der Waals surface area contributed by atoms with E-state index in [9.17, 15) is 14.7 Å². The molecule has 2 heterocycles. The number of rotatable bonds is 8. The number of amides is 1. The molecule has 2 rings (SSSR count). The molecule has 0 bridgehead atoms. The lowest BCUT2D eigenvalue weighted by Gasteiger charge is -2.13. The van der Waals surface area contributed by atoms with Crippen molar-refractivity contribution in [3.63, 3.8) is 0 Å². The van der Waals surface area contributed by atoms with Crippen LogP contribution in [0.25, 0.3) is 0 Å². The lowest BCUT2D eigenvalue weighted by atomic mass is 10.0. The summed E-state index contributed by atoms with van der Waals surface area (Å²) in [5.74, 6) is 0.846. The Kier molecular flexibility index (Phi) is 7.12. The van der Waals surface area contributed by atoms with E-state index < -0.39 is 17.6 Å². The molecule has 0 aromatic carbocycles. The summed E-state index contributed by atoms with van der Waals surface area (Å²) < 4.78 is 10.3. The molecule has 1 unspecified atom stereocenters. The van der Waals surface area contributed by atoms with Crippen LogP contribution in [0.3, 0.4) is 0 Å². The molecular formula is C20H26N2O5. The Labute approximate surface area is 158 Å². The maximum Gasteiger partial charge on any atom is 0.349 e. The lowest BCUT2D eigenvalue weighted by molar-refractivity contribution is 0.0908. The number of hydrogen-bond acceptors (Lipinski definition) is 6. The van der Waals surface area contributed by atoms with Crippen molar-refractivity contribution < 1.29 is 19.1 Å². The average molecular weight is 374 g/mol. The van der Waals surface area contributed by atoms with Gasteiger partial charge in [-0.1, -0.05) is 19.9 Å². The van der Waals surface area contributed by atoms with E-state index in [1.807, 2.05) is 0 Å². The SMILES string of the molecule is COc1cccc(C(O)CNC(=O)c2c(C)cc(CCC(C)C)oc2=O)n1. The number of aliphatic hydroxyl groups is 1. The van der Waals surface area contributed by atoms with Gasteiger partial charge in [0, 0.05) is 19.0 Å². The Bertz CT molecular complexity index is 845. The second kappa shape index (κ2) is 9.32. The highest BCUT2D eigenvalue weighted by Gasteiger charge is 2.19. The highest BCUT2D eigenvalue weighted by atomic mass is 16.5. The van der Waals surface area contributed by atoms with Crippen molar-refractivity contribution in [1.29, 1.82) is 0 Å². The van der Waals surface area contributed by atoms with Gasteiger partial charge in [0.15, 0.2) is 0 Å². The van der Waals surface area contributed by atoms with Gasteiger partial charge in [0.05, 0.1) is 12.8 Å². The predicted molar refractivity (Wildman–Crippen MR) is 101 cm³/mol. The minimum Gasteiger partial charge on any atom is -0.481 e. The average Bonchev–Trinajstić information content (AvgIpc) is 2.63. The monoisotopic (exact) mass is 374 g/mol. The number of aryl methyl sites for hydroxylation is 2. The lowest BCUT2D eigenvalue weighted by Crippen LogP contribution is -2.33. The Hall–Kier alpha value is -2.67. The molecule has 0 aliphatic heterocycles. The summed E-state index contributed by atoms with van der Waals surface area (Å²) in [5.41, 5.74) is 0.202. The fourth-order valence-electron chi connectivity index (χ4n) is 2.61. The molecule has 146 valence electrons. The standard InChI is InChI=1S/C20H26N2O5/c1-12(2)8-9-14-10-13(3)18(20(25)27-14)19(24)21-11-16(23)15-6-5-7-17(22-15)26-4/h5-7,10,12,16,23H,8-9,11H2,1-4H3,(H,21,24). The third-order valence-corrected chi connectivity index (χ3v) is 4.15. The van der Waals surface area contributed by atoms with E-state index in [1.165, 1.54) is 7.11 Å². The molecule has 0 saturated heterocycles. The topological polar surface area (TPSA) is 102 Å². The number of nitrogens with zero attached hydrogens (tertiary/aromatic N) is 1. The van der Waals surface area contributed by atoms with Gasteiger partial charge in [-0.2, -0.15) is 0 Å². The van der Waals surface area contributed by atoms with Crippen LogP contribution in [0.4, 0.5) is 0 Å². The fourth-order valence-corrected chi connectivity index (χ4v) is 2.61. The predicted octanol–water partition coefficient (Wildman–Crippen LogP) is 2.40. The van der Waals surface area contributed by atoms with E-state index in [0.717, 1.165) is 6.42 Å². The van der Waals surface area contributed by atoms with Crippen molar-refractivity contribution in [2.45, 2.75) is 39.7 Å². The van der Waals surface area contributed by atoms with E-state index in [4.69, 9.17) is 9.15 Å². The van der Waals surface area contributed by atoms with Gasteiger partial charge in [0.25, 0.3) is 5.91 Å². The first-order chi connectivity index (χ1) is 12.8. The number of aliphatic hydroxyl groups excluding tert-OH is 1. The molecule has 0 saturated carbocycles. The summed E-state index contributed by atoms with van der Waals surface area (Å²) in [5, 5.41) is 12.8. The Morgan fingerprint density at radius 1 is 1.37 bits per heavy atom. The van der Waals surface area contributed by atoms with Gasteiger partial charge in [-0.15, -0.1) is 0 Å². The van der Waals surface area contributed by atoms with Gasteiger partial charge < -0.3 is 19.6 Å². The number of pyridine rings is 1. The number of hydrogen-bond donors (Lipinski definition) is 2. The van der Waals surface area contributed by atoms with Crippen LogP contribution < -0.4 is 15.7 Å². The van der Waals surface area contributed by atoms with Gasteiger partial charge in [-0.25, -0.2) is 9.78 Å². The van der Waals surface area contributed by atoms with Crippen molar-refractivity contribution in [2.75, 3.05) is 13.7 Å². The number of methoxy groups -OCH3 is 1. The smallest absolute Gasteiger partial charge is 0.349 e. The molecule has 2 aromatic heterocycles. The molecular weight excluding hydrogens is 348 g/mol. The van der Waals surface area contributed by atoms with Crippen LogP contribution in [-0.2, 0) is 6.42 Å². The van der Waals surface area contributed by atoms with Gasteiger partial charge >= 0.3 is 5.63 Å². The molecule has 0 radical (unpaired) electrons. The summed E-state index contributed by atoms with van der Waals surface area (Å²) in [6.45, 7) is 5.79. The van der Waals surface area contributed by atoms with Crippen LogP contribution in [-0.4, -0.2) is 29.7 Å². The third-order valence-electron chi connectivity index (χ3n) is 4.15. The summed E-state index contributed by atoms with van der Waals surface area (Å²) in [4.78, 5) is 28.7. The number of ether oxygens (including phenoxy) is 1. The normalized spacial score (nSPS) is 12.1. The highest BCUT2D eigenvalue weighted by Crippen LogP contribution is 2.15. The molecule has 7 nitrogen and oxygen atoms in total. The van der Waals surface area contributed by atoms with Crippen LogP contribution in [0.1, 0.15) is 53.7 Å². The summed E-state index contributed by atoms with van der Waals surface area (Å²) in [6, 6.07) is 6.70. The molecule has 1 atom stereocenters. The second-order valence-corrected chi connectivity index (χ2v) is 6.82. The highest BCUT2D eigenvalue weighted by molar-refractivity contribution is 5.95. The molecule has 0 spiro atoms. The van der Waals surface area contributed by atoms with Crippen molar-refractivity contribution in [1.82, 2.24) is 10.3 Å². The van der Waals surface area contributed by atoms with Crippen molar-refractivity contribution in [3.8, 4) is 5.88 Å². The van der Waals surface area contributed by atoms with Crippen molar-refractivity contribution in [2.24, 2.45) is 5.92 Å². The zero-order chi connectivity index (χ0) is 20.0.